The van der Waals surface area contributed by atoms with Crippen molar-refractivity contribution in [3.05, 3.63) is 28.7 Å². The number of benzene rings is 1. The van der Waals surface area contributed by atoms with Crippen molar-refractivity contribution in [1.29, 1.82) is 0 Å². The molecule has 0 saturated carbocycles. The molecule has 21 heavy (non-hydrogen) atoms. The molecule has 0 heterocycles. The van der Waals surface area contributed by atoms with Gasteiger partial charge in [0.05, 0.1) is 12.4 Å². The maximum absolute atomic E-state index is 11.6. The van der Waals surface area contributed by atoms with Crippen LogP contribution in [0.5, 0.6) is 5.75 Å². The van der Waals surface area contributed by atoms with E-state index in [2.05, 4.69) is 15.9 Å². The summed E-state index contributed by atoms with van der Waals surface area (Å²) >= 11 is 3.40. The van der Waals surface area contributed by atoms with E-state index in [0.29, 0.717) is 6.61 Å². The van der Waals surface area contributed by atoms with E-state index in [1.807, 2.05) is 38.1 Å². The third-order valence-electron chi connectivity index (χ3n) is 3.41. The number of primary sulfonamides is 1. The molecule has 0 bridgehead atoms. The predicted molar refractivity (Wildman–Crippen MR) is 89.9 cm³/mol. The van der Waals surface area contributed by atoms with E-state index in [4.69, 9.17) is 9.88 Å². The van der Waals surface area contributed by atoms with Gasteiger partial charge in [0, 0.05) is 9.89 Å². The molecule has 1 aromatic rings. The maximum atomic E-state index is 11.6. The standard InChI is InChI=1S/C15H24BrNO3S/c1-3-8-15(9-4-2,12-21(17,18)19)11-20-14-7-5-6-13(16)10-14/h5-7,10H,3-4,8-9,11-12H2,1-2H3,(H2,17,18,19). The Bertz CT molecular complexity index is 540. The summed E-state index contributed by atoms with van der Waals surface area (Å²) in [5.74, 6) is 0.700. The summed E-state index contributed by atoms with van der Waals surface area (Å²) in [6, 6.07) is 7.55. The van der Waals surface area contributed by atoms with Crippen LogP contribution in [0.25, 0.3) is 0 Å². The van der Waals surface area contributed by atoms with Crippen LogP contribution in [0.1, 0.15) is 39.5 Å². The van der Waals surface area contributed by atoms with Crippen molar-refractivity contribution in [2.45, 2.75) is 39.5 Å². The van der Waals surface area contributed by atoms with Crippen molar-refractivity contribution >= 4 is 26.0 Å². The van der Waals surface area contributed by atoms with Crippen LogP contribution in [-0.4, -0.2) is 20.8 Å². The highest BCUT2D eigenvalue weighted by Crippen LogP contribution is 2.32. The Kier molecular flexibility index (Phi) is 7.16. The van der Waals surface area contributed by atoms with Gasteiger partial charge in [-0.15, -0.1) is 0 Å². The van der Waals surface area contributed by atoms with Gasteiger partial charge in [-0.1, -0.05) is 48.7 Å². The second-order valence-electron chi connectivity index (χ2n) is 5.55. The zero-order valence-corrected chi connectivity index (χ0v) is 15.0. The van der Waals surface area contributed by atoms with Crippen molar-refractivity contribution in [1.82, 2.24) is 0 Å². The van der Waals surface area contributed by atoms with Gasteiger partial charge in [-0.2, -0.15) is 0 Å². The highest BCUT2D eigenvalue weighted by atomic mass is 79.9. The first-order valence-corrected chi connectivity index (χ1v) is 9.70. The number of sulfonamides is 1. The summed E-state index contributed by atoms with van der Waals surface area (Å²) in [5, 5.41) is 5.28. The molecule has 2 N–H and O–H groups in total. The molecule has 1 rings (SSSR count). The zero-order valence-electron chi connectivity index (χ0n) is 12.6. The highest BCUT2D eigenvalue weighted by molar-refractivity contribution is 9.10. The van der Waals surface area contributed by atoms with Crippen LogP contribution in [0.15, 0.2) is 28.7 Å². The van der Waals surface area contributed by atoms with E-state index < -0.39 is 15.4 Å². The fourth-order valence-corrected chi connectivity index (χ4v) is 4.34. The van der Waals surface area contributed by atoms with Crippen molar-refractivity contribution in [2.75, 3.05) is 12.4 Å². The van der Waals surface area contributed by atoms with Crippen LogP contribution in [0.4, 0.5) is 0 Å². The largest absolute Gasteiger partial charge is 0.493 e. The lowest BCUT2D eigenvalue weighted by Gasteiger charge is -2.32. The minimum Gasteiger partial charge on any atom is -0.493 e. The van der Waals surface area contributed by atoms with E-state index >= 15 is 0 Å². The van der Waals surface area contributed by atoms with Crippen molar-refractivity contribution in [3.63, 3.8) is 0 Å². The van der Waals surface area contributed by atoms with E-state index in [1.165, 1.54) is 0 Å². The minimum absolute atomic E-state index is 0.0321. The average molecular weight is 378 g/mol. The molecular weight excluding hydrogens is 354 g/mol. The van der Waals surface area contributed by atoms with Crippen LogP contribution < -0.4 is 9.88 Å². The van der Waals surface area contributed by atoms with Gasteiger partial charge in [0.2, 0.25) is 10.0 Å². The number of hydrogen-bond acceptors (Lipinski definition) is 3. The summed E-state index contributed by atoms with van der Waals surface area (Å²) in [5.41, 5.74) is -0.417. The second kappa shape index (κ2) is 8.15. The molecule has 0 aliphatic rings. The van der Waals surface area contributed by atoms with E-state index in [9.17, 15) is 8.42 Å². The SMILES string of the molecule is CCCC(CCC)(COc1cccc(Br)c1)CS(N)(=O)=O. The molecule has 4 nitrogen and oxygen atoms in total. The number of halogens is 1. The number of ether oxygens (including phenoxy) is 1. The zero-order chi connectivity index (χ0) is 15.9. The van der Waals surface area contributed by atoms with Crippen LogP contribution >= 0.6 is 15.9 Å². The normalized spacial score (nSPS) is 12.4. The molecule has 120 valence electrons. The molecule has 0 aliphatic carbocycles. The molecule has 0 spiro atoms. The minimum atomic E-state index is -3.53. The monoisotopic (exact) mass is 377 g/mol. The van der Waals surface area contributed by atoms with Gasteiger partial charge < -0.3 is 4.74 Å². The van der Waals surface area contributed by atoms with E-state index in [1.54, 1.807) is 0 Å². The molecule has 0 amide bonds. The first-order chi connectivity index (χ1) is 9.80. The Labute approximate surface area is 136 Å². The van der Waals surface area contributed by atoms with E-state index in [-0.39, 0.29) is 5.75 Å². The van der Waals surface area contributed by atoms with Crippen molar-refractivity contribution in [2.24, 2.45) is 10.6 Å². The van der Waals surface area contributed by atoms with Gasteiger partial charge >= 0.3 is 0 Å². The lowest BCUT2D eigenvalue weighted by atomic mass is 9.82. The highest BCUT2D eigenvalue weighted by Gasteiger charge is 2.33. The summed E-state index contributed by atoms with van der Waals surface area (Å²) in [6.45, 7) is 4.46. The molecule has 6 heteroatoms. The quantitative estimate of drug-likeness (QED) is 0.712. The number of rotatable bonds is 9. The first-order valence-electron chi connectivity index (χ1n) is 7.19. The summed E-state index contributed by atoms with van der Waals surface area (Å²) in [4.78, 5) is 0. The van der Waals surface area contributed by atoms with E-state index in [0.717, 1.165) is 35.9 Å². The second-order valence-corrected chi connectivity index (χ2v) is 8.08. The molecule has 0 radical (unpaired) electrons. The molecule has 0 aliphatic heterocycles. The summed E-state index contributed by atoms with van der Waals surface area (Å²) in [6.07, 6.45) is 3.37. The Morgan fingerprint density at radius 3 is 2.33 bits per heavy atom. The van der Waals surface area contributed by atoms with Gasteiger partial charge in [0.1, 0.15) is 5.75 Å². The van der Waals surface area contributed by atoms with Gasteiger partial charge in [0.25, 0.3) is 0 Å². The van der Waals surface area contributed by atoms with Gasteiger partial charge in [0.15, 0.2) is 0 Å². The van der Waals surface area contributed by atoms with Gasteiger partial charge in [-0.3, -0.25) is 0 Å². The first kappa shape index (κ1) is 18.5. The van der Waals surface area contributed by atoms with Crippen molar-refractivity contribution in [3.8, 4) is 5.75 Å². The predicted octanol–water partition coefficient (Wildman–Crippen LogP) is 3.70. The number of hydrogen-bond donors (Lipinski definition) is 1. The molecule has 0 fully saturated rings. The van der Waals surface area contributed by atoms with Crippen LogP contribution in [-0.2, 0) is 10.0 Å². The van der Waals surface area contributed by atoms with Crippen LogP contribution in [0.2, 0.25) is 0 Å². The molecule has 0 saturated heterocycles. The molecule has 1 aromatic carbocycles. The fourth-order valence-electron chi connectivity index (χ4n) is 2.74. The average Bonchev–Trinajstić information content (AvgIpc) is 2.35. The maximum Gasteiger partial charge on any atom is 0.209 e. The van der Waals surface area contributed by atoms with Gasteiger partial charge in [-0.25, -0.2) is 13.6 Å². The topological polar surface area (TPSA) is 69.4 Å². The third-order valence-corrected chi connectivity index (χ3v) is 4.92. The lowest BCUT2D eigenvalue weighted by Crippen LogP contribution is -2.38. The van der Waals surface area contributed by atoms with Crippen LogP contribution in [0, 0.1) is 5.41 Å². The summed E-state index contributed by atoms with van der Waals surface area (Å²) in [7, 11) is -3.53. The molecular formula is C15H24BrNO3S. The fraction of sp³-hybridized carbons (Fsp3) is 0.600. The van der Waals surface area contributed by atoms with Gasteiger partial charge in [-0.05, 0) is 31.0 Å². The number of nitrogens with two attached hydrogens (primary N) is 1. The van der Waals surface area contributed by atoms with Crippen molar-refractivity contribution < 1.29 is 13.2 Å². The lowest BCUT2D eigenvalue weighted by molar-refractivity contribution is 0.141. The summed E-state index contributed by atoms with van der Waals surface area (Å²) < 4.78 is 29.9. The third kappa shape index (κ3) is 6.80. The molecule has 0 unspecified atom stereocenters. The Balaban J connectivity index is 2.89. The smallest absolute Gasteiger partial charge is 0.209 e. The Hall–Kier alpha value is -0.590. The molecule has 0 aromatic heterocycles. The Morgan fingerprint density at radius 2 is 1.86 bits per heavy atom. The Morgan fingerprint density at radius 1 is 1.24 bits per heavy atom. The molecule has 0 atom stereocenters. The van der Waals surface area contributed by atoms with Crippen LogP contribution in [0.3, 0.4) is 0 Å².